The van der Waals surface area contributed by atoms with Crippen LogP contribution in [0, 0.1) is 0 Å². The van der Waals surface area contributed by atoms with E-state index >= 15 is 0 Å². The Morgan fingerprint density at radius 1 is 0.410 bits per heavy atom. The fraction of sp³-hybridized carbons (Fsp3) is 0. The zero-order valence-corrected chi connectivity index (χ0v) is 22.6. The minimum atomic E-state index is 0.712. The molecular formula is C36H23BrN2. The highest BCUT2D eigenvalue weighted by Crippen LogP contribution is 2.35. The lowest BCUT2D eigenvalue weighted by molar-refractivity contribution is 1.19. The largest absolute Gasteiger partial charge is 0.228 e. The summed E-state index contributed by atoms with van der Waals surface area (Å²) in [6.45, 7) is 0. The second-order valence-electron chi connectivity index (χ2n) is 9.60. The third kappa shape index (κ3) is 4.52. The van der Waals surface area contributed by atoms with Gasteiger partial charge in [-0.1, -0.05) is 137 Å². The van der Waals surface area contributed by atoms with Crippen molar-refractivity contribution in [3.63, 3.8) is 0 Å². The van der Waals surface area contributed by atoms with Gasteiger partial charge in [0.2, 0.25) is 0 Å². The van der Waals surface area contributed by atoms with E-state index in [2.05, 4.69) is 149 Å². The molecular weight excluding hydrogens is 540 g/mol. The Kier molecular flexibility index (Phi) is 5.99. The molecule has 0 bridgehead atoms. The molecule has 7 rings (SSSR count). The van der Waals surface area contributed by atoms with Gasteiger partial charge in [-0.2, -0.15) is 0 Å². The van der Waals surface area contributed by atoms with Gasteiger partial charge < -0.3 is 0 Å². The fourth-order valence-corrected chi connectivity index (χ4v) is 5.63. The average Bonchev–Trinajstić information content (AvgIpc) is 3.00. The van der Waals surface area contributed by atoms with Crippen LogP contribution in [0.5, 0.6) is 0 Å². The molecule has 0 radical (unpaired) electrons. The number of fused-ring (bicyclic) bond motifs is 2. The molecule has 0 fully saturated rings. The van der Waals surface area contributed by atoms with Crippen molar-refractivity contribution in [2.75, 3.05) is 0 Å². The van der Waals surface area contributed by atoms with Gasteiger partial charge in [-0.05, 0) is 50.9 Å². The number of hydrogen-bond acceptors (Lipinski definition) is 2. The predicted octanol–water partition coefficient (Wildman–Crippen LogP) is 10.2. The summed E-state index contributed by atoms with van der Waals surface area (Å²) in [5.74, 6) is 0.712. The topological polar surface area (TPSA) is 25.8 Å². The number of nitrogens with zero attached hydrogens (tertiary/aromatic N) is 2. The van der Waals surface area contributed by atoms with E-state index in [1.165, 1.54) is 21.5 Å². The van der Waals surface area contributed by atoms with Crippen LogP contribution in [0.2, 0.25) is 0 Å². The molecule has 7 aromatic rings. The Balaban J connectivity index is 1.43. The van der Waals surface area contributed by atoms with Crippen LogP contribution in [0.4, 0.5) is 0 Å². The summed E-state index contributed by atoms with van der Waals surface area (Å²) in [6.07, 6.45) is 0. The summed E-state index contributed by atoms with van der Waals surface area (Å²) < 4.78 is 1.06. The maximum atomic E-state index is 5.13. The van der Waals surface area contributed by atoms with Crippen molar-refractivity contribution < 1.29 is 0 Å². The van der Waals surface area contributed by atoms with Gasteiger partial charge in [-0.15, -0.1) is 0 Å². The molecule has 0 aliphatic carbocycles. The van der Waals surface area contributed by atoms with Crippen molar-refractivity contribution >= 4 is 37.5 Å². The van der Waals surface area contributed by atoms with Crippen molar-refractivity contribution in [3.8, 4) is 45.0 Å². The number of rotatable bonds is 4. The van der Waals surface area contributed by atoms with E-state index in [0.717, 1.165) is 43.7 Å². The number of halogens is 1. The van der Waals surface area contributed by atoms with Gasteiger partial charge in [0.25, 0.3) is 0 Å². The van der Waals surface area contributed by atoms with Gasteiger partial charge in [0.05, 0.1) is 11.4 Å². The molecule has 0 spiro atoms. The Hall–Kier alpha value is -4.60. The first-order valence-electron chi connectivity index (χ1n) is 12.9. The Bertz CT molecular complexity index is 1870. The second-order valence-corrected chi connectivity index (χ2v) is 10.5. The molecule has 0 amide bonds. The number of benzene rings is 6. The molecule has 0 N–H and O–H groups in total. The first kappa shape index (κ1) is 23.5. The predicted molar refractivity (Wildman–Crippen MR) is 166 cm³/mol. The maximum Gasteiger partial charge on any atom is 0.160 e. The molecule has 6 aromatic carbocycles. The van der Waals surface area contributed by atoms with Crippen molar-refractivity contribution in [1.29, 1.82) is 0 Å². The van der Waals surface area contributed by atoms with E-state index in [4.69, 9.17) is 9.97 Å². The summed E-state index contributed by atoms with van der Waals surface area (Å²) >= 11 is 3.59. The summed E-state index contributed by atoms with van der Waals surface area (Å²) in [7, 11) is 0. The van der Waals surface area contributed by atoms with Crippen molar-refractivity contribution in [3.05, 3.63) is 144 Å². The first-order chi connectivity index (χ1) is 19.2. The Labute approximate surface area is 235 Å². The molecule has 184 valence electrons. The standard InChI is InChI=1S/C36H23BrN2/c37-29-13-5-12-28(22-29)24-18-20-27(21-19-24)36-38-34(32-16-6-10-25-8-1-3-14-30(25)32)23-35(39-36)33-17-7-11-26-9-2-4-15-31(26)33/h1-23H. The number of hydrogen-bond donors (Lipinski definition) is 0. The van der Waals surface area contributed by atoms with E-state index < -0.39 is 0 Å². The molecule has 1 aromatic heterocycles. The van der Waals surface area contributed by atoms with Gasteiger partial charge in [0, 0.05) is 21.2 Å². The number of aromatic nitrogens is 2. The quantitative estimate of drug-likeness (QED) is 0.213. The average molecular weight is 563 g/mol. The van der Waals surface area contributed by atoms with Crippen molar-refractivity contribution in [1.82, 2.24) is 9.97 Å². The summed E-state index contributed by atoms with van der Waals surface area (Å²) in [5, 5.41) is 4.75. The first-order valence-corrected chi connectivity index (χ1v) is 13.7. The summed E-state index contributed by atoms with van der Waals surface area (Å²) in [4.78, 5) is 10.3. The van der Waals surface area contributed by atoms with Crippen LogP contribution in [0.25, 0.3) is 66.6 Å². The van der Waals surface area contributed by atoms with Crippen LogP contribution in [-0.4, -0.2) is 9.97 Å². The molecule has 0 aliphatic heterocycles. The van der Waals surface area contributed by atoms with Gasteiger partial charge >= 0.3 is 0 Å². The fourth-order valence-electron chi connectivity index (χ4n) is 5.23. The van der Waals surface area contributed by atoms with Gasteiger partial charge in [0.15, 0.2) is 5.82 Å². The lowest BCUT2D eigenvalue weighted by Crippen LogP contribution is -1.97. The minimum absolute atomic E-state index is 0.712. The normalized spacial score (nSPS) is 11.2. The Morgan fingerprint density at radius 2 is 0.923 bits per heavy atom. The van der Waals surface area contributed by atoms with E-state index in [9.17, 15) is 0 Å². The maximum absolute atomic E-state index is 5.13. The molecule has 3 heteroatoms. The molecule has 0 unspecified atom stereocenters. The van der Waals surface area contributed by atoms with E-state index in [1.54, 1.807) is 0 Å². The minimum Gasteiger partial charge on any atom is -0.228 e. The van der Waals surface area contributed by atoms with Gasteiger partial charge in [-0.25, -0.2) is 9.97 Å². The molecule has 2 nitrogen and oxygen atoms in total. The third-order valence-corrected chi connectivity index (χ3v) is 7.65. The van der Waals surface area contributed by atoms with Gasteiger partial charge in [0.1, 0.15) is 0 Å². The molecule has 0 aliphatic rings. The smallest absolute Gasteiger partial charge is 0.160 e. The monoisotopic (exact) mass is 562 g/mol. The van der Waals surface area contributed by atoms with Gasteiger partial charge in [-0.3, -0.25) is 0 Å². The zero-order chi connectivity index (χ0) is 26.2. The lowest BCUT2D eigenvalue weighted by Gasteiger charge is -2.13. The summed E-state index contributed by atoms with van der Waals surface area (Å²) in [6, 6.07) is 48.7. The van der Waals surface area contributed by atoms with E-state index in [0.29, 0.717) is 5.82 Å². The SMILES string of the molecule is Brc1cccc(-c2ccc(-c3nc(-c4cccc5ccccc45)cc(-c4cccc5ccccc45)n3)cc2)c1. The van der Waals surface area contributed by atoms with Crippen LogP contribution >= 0.6 is 15.9 Å². The zero-order valence-electron chi connectivity index (χ0n) is 21.1. The van der Waals surface area contributed by atoms with Crippen molar-refractivity contribution in [2.24, 2.45) is 0 Å². The van der Waals surface area contributed by atoms with Crippen LogP contribution in [0.15, 0.2) is 144 Å². The van der Waals surface area contributed by atoms with E-state index in [1.807, 2.05) is 6.07 Å². The molecule has 0 atom stereocenters. The van der Waals surface area contributed by atoms with Crippen LogP contribution < -0.4 is 0 Å². The molecule has 1 heterocycles. The molecule has 0 saturated heterocycles. The van der Waals surface area contributed by atoms with Crippen LogP contribution in [-0.2, 0) is 0 Å². The molecule has 39 heavy (non-hydrogen) atoms. The molecule has 0 saturated carbocycles. The van der Waals surface area contributed by atoms with Crippen LogP contribution in [0.3, 0.4) is 0 Å². The van der Waals surface area contributed by atoms with E-state index in [-0.39, 0.29) is 0 Å². The lowest BCUT2D eigenvalue weighted by atomic mass is 9.98. The highest BCUT2D eigenvalue weighted by Gasteiger charge is 2.14. The third-order valence-electron chi connectivity index (χ3n) is 7.16. The second kappa shape index (κ2) is 9.94. The highest BCUT2D eigenvalue weighted by atomic mass is 79.9. The van der Waals surface area contributed by atoms with Crippen molar-refractivity contribution in [2.45, 2.75) is 0 Å². The van der Waals surface area contributed by atoms with Crippen LogP contribution in [0.1, 0.15) is 0 Å². The summed E-state index contributed by atoms with van der Waals surface area (Å²) in [5.41, 5.74) is 7.33. The Morgan fingerprint density at radius 3 is 1.51 bits per heavy atom. The highest BCUT2D eigenvalue weighted by molar-refractivity contribution is 9.10.